The molecule has 0 amide bonds. The zero-order valence-corrected chi connectivity index (χ0v) is 73.9. The lowest BCUT2D eigenvalue weighted by atomic mass is 10.2. The Kier molecular flexibility index (Phi) is 32.7. The van der Waals surface area contributed by atoms with E-state index in [-0.39, 0.29) is 36.8 Å². The Morgan fingerprint density at radius 2 is 0.717 bits per heavy atom. The molecule has 0 aliphatic carbocycles. The average Bonchev–Trinajstić information content (AvgIpc) is 1.67. The van der Waals surface area contributed by atoms with Gasteiger partial charge in [0.15, 0.2) is 0 Å². The van der Waals surface area contributed by atoms with Crippen LogP contribution in [0.25, 0.3) is 51.1 Å². The van der Waals surface area contributed by atoms with Crippen LogP contribution in [-0.2, 0) is 69.6 Å². The first-order valence-electron chi connectivity index (χ1n) is 34.7. The van der Waals surface area contributed by atoms with Crippen molar-refractivity contribution in [2.75, 3.05) is 46.9 Å². The summed E-state index contributed by atoms with van der Waals surface area (Å²) in [6.07, 6.45) is 11.7. The lowest BCUT2D eigenvalue weighted by Crippen LogP contribution is -2.27. The minimum absolute atomic E-state index is 0.0422. The minimum atomic E-state index is -0.351. The number of aliphatic hydroxyl groups excluding tert-OH is 1. The van der Waals surface area contributed by atoms with Crippen LogP contribution in [0, 0.1) is 0 Å². The van der Waals surface area contributed by atoms with Crippen LogP contribution in [0.15, 0.2) is 138 Å². The van der Waals surface area contributed by atoms with E-state index in [4.69, 9.17) is 161 Å². The molecule has 0 saturated carbocycles. The minimum Gasteiger partial charge on any atom is -0.467 e. The number of anilines is 5. The standard InChI is InChI=1S/C16H17Cl2N3O2S.C15H15BrClN3OS.C15H15Cl2N3O2S.C15H15Cl2N3OS.C14H14Cl2N4S2/c1-22-8-9(19)5-12-14(18)15-16(24-12)11(6-13(17)21-15)20-7-10-3-2-4-23-10;1-8(18)5-11-13(16)14-15(22-11)10(6-12(17)20-14)19-7-9-3-2-4-21-9;16-12-5-10(19-6-9-2-1-3-22-9)15-14(20-12)13(17)11(23-15)4-8(18)7-21;1-8(18)5-11-13(17)14-15(22-11)10(6-12(16)20-14)19-7-9-3-2-4-21-9;1-7(17)4-9-12(16)13-14(22-9)8(5-10(15)20-13)19-6-11-18-2-3-21-11/h2-4,6,9H,5,7-8,19H2,1H3,(H,20,21);2-4,6,8H,5,7,18H2,1H3,(H,19,20);1-3,5,8,21H,4,6-7,18H2,(H,19,20);2-4,6,8H,5,7,18H2,1H3,(H,19,20);2-3,5,7H,4,6,17H2,1H3,(H,19,20)/t9-;3*8-;7-/m10100/s1. The number of fused-ring (bicyclic) bond motifs is 5. The number of aromatic nitrogens is 6. The average molecular weight is 1890 g/mol. The third kappa shape index (κ3) is 24.0. The summed E-state index contributed by atoms with van der Waals surface area (Å²) in [5.74, 6) is 3.37. The van der Waals surface area contributed by atoms with Gasteiger partial charge in [0, 0.05) is 116 Å². The van der Waals surface area contributed by atoms with E-state index in [0.29, 0.717) is 109 Å². The number of nitrogens with one attached hydrogen (secondary N) is 5. The number of hydrogen-bond acceptors (Lipinski definition) is 28. The highest BCUT2D eigenvalue weighted by atomic mass is 79.9. The summed E-state index contributed by atoms with van der Waals surface area (Å²) in [7, 11) is 1.63. The summed E-state index contributed by atoms with van der Waals surface area (Å²) in [6, 6.07) is 23.8. The second-order valence-corrected chi connectivity index (χ2v) is 36.4. The number of nitrogens with zero attached hydrogens (tertiary/aromatic N) is 6. The van der Waals surface area contributed by atoms with Crippen molar-refractivity contribution in [3.63, 3.8) is 0 Å². The van der Waals surface area contributed by atoms with Crippen molar-refractivity contribution in [2.45, 2.75) is 116 Å². The number of hydrogen-bond donors (Lipinski definition) is 11. The predicted octanol–water partition coefficient (Wildman–Crippen LogP) is 22.1. The molecule has 0 aliphatic heterocycles. The summed E-state index contributed by atoms with van der Waals surface area (Å²) in [6.45, 7) is 9.18. The molecule has 0 fully saturated rings. The molecule has 0 spiro atoms. The highest BCUT2D eigenvalue weighted by molar-refractivity contribution is 9.10. The van der Waals surface area contributed by atoms with Crippen molar-refractivity contribution in [3.8, 4) is 0 Å². The predicted molar refractivity (Wildman–Crippen MR) is 479 cm³/mol. The Hall–Kier alpha value is -5.89. The van der Waals surface area contributed by atoms with Crippen LogP contribution in [0.5, 0.6) is 0 Å². The number of ether oxygens (including phenoxy) is 1. The number of pyridine rings is 5. The zero-order chi connectivity index (χ0) is 80.6. The Labute approximate surface area is 727 Å². The number of aliphatic hydroxyl groups is 1. The fraction of sp³-hybridized carbons (Fsp3) is 0.280. The van der Waals surface area contributed by atoms with E-state index in [2.05, 4.69) is 72.4 Å². The van der Waals surface area contributed by atoms with Crippen LogP contribution in [0.2, 0.25) is 45.9 Å². The number of furan rings is 4. The Morgan fingerprint density at radius 3 is 1.01 bits per heavy atom. The fourth-order valence-corrected chi connectivity index (χ4v) is 21.3. The van der Waals surface area contributed by atoms with Gasteiger partial charge in [-0.1, -0.05) is 104 Å². The molecule has 15 rings (SSSR count). The quantitative estimate of drug-likeness (QED) is 0.0203. The Balaban J connectivity index is 0.000000140. The van der Waals surface area contributed by atoms with Gasteiger partial charge in [0.25, 0.3) is 0 Å². The molecule has 15 aromatic heterocycles. The van der Waals surface area contributed by atoms with E-state index >= 15 is 0 Å². The topological polar surface area (TPSA) is 350 Å². The highest BCUT2D eigenvalue weighted by Crippen LogP contribution is 2.46. The molecular formula is C75H76BrCl9N16O6S6. The van der Waals surface area contributed by atoms with Crippen molar-refractivity contribution in [3.05, 3.63) is 218 Å². The van der Waals surface area contributed by atoms with Gasteiger partial charge in [0.1, 0.15) is 75.9 Å². The molecule has 38 heteroatoms. The third-order valence-corrected chi connectivity index (χ3v) is 27.3. The van der Waals surface area contributed by atoms with Gasteiger partial charge in [-0.25, -0.2) is 29.9 Å². The molecule has 15 aromatic rings. The van der Waals surface area contributed by atoms with Crippen molar-refractivity contribution < 1.29 is 27.5 Å². The molecule has 0 saturated heterocycles. The monoisotopic (exact) mass is 1880 g/mol. The van der Waals surface area contributed by atoms with Gasteiger partial charge in [-0.05, 0) is 104 Å². The summed E-state index contributed by atoms with van der Waals surface area (Å²) in [5.41, 5.74) is 37.7. The van der Waals surface area contributed by atoms with Crippen LogP contribution in [0.3, 0.4) is 0 Å². The van der Waals surface area contributed by atoms with Gasteiger partial charge in [0.05, 0.1) is 153 Å². The summed E-state index contributed by atoms with van der Waals surface area (Å²) >= 11 is 69.6. The molecule has 15 heterocycles. The van der Waals surface area contributed by atoms with Crippen molar-refractivity contribution in [1.29, 1.82) is 0 Å². The van der Waals surface area contributed by atoms with Crippen molar-refractivity contribution in [2.24, 2.45) is 28.7 Å². The second kappa shape index (κ2) is 42.0. The summed E-state index contributed by atoms with van der Waals surface area (Å²) < 4.78 is 32.3. The van der Waals surface area contributed by atoms with Gasteiger partial charge < -0.3 is 82.8 Å². The van der Waals surface area contributed by atoms with Gasteiger partial charge in [-0.3, -0.25) is 0 Å². The molecular weight excluding hydrogens is 1810 g/mol. The highest BCUT2D eigenvalue weighted by Gasteiger charge is 2.24. The zero-order valence-electron chi connectivity index (χ0n) is 60.6. The van der Waals surface area contributed by atoms with Crippen molar-refractivity contribution in [1.82, 2.24) is 29.9 Å². The number of methoxy groups -OCH3 is 1. The lowest BCUT2D eigenvalue weighted by Gasteiger charge is -2.08. The number of rotatable bonds is 28. The van der Waals surface area contributed by atoms with Crippen LogP contribution in [0.4, 0.5) is 28.4 Å². The lowest BCUT2D eigenvalue weighted by molar-refractivity contribution is 0.180. The molecule has 22 nitrogen and oxygen atoms in total. The third-order valence-electron chi connectivity index (χ3n) is 16.2. The molecule has 0 aromatic carbocycles. The first kappa shape index (κ1) is 87.9. The maximum atomic E-state index is 9.13. The molecule has 0 bridgehead atoms. The molecule has 16 N–H and O–H groups in total. The first-order chi connectivity index (χ1) is 54.3. The smallest absolute Gasteiger partial charge is 0.131 e. The largest absolute Gasteiger partial charge is 0.467 e. The van der Waals surface area contributed by atoms with Crippen LogP contribution in [-0.4, -0.2) is 85.5 Å². The summed E-state index contributed by atoms with van der Waals surface area (Å²) in [5, 5.41) is 33.2. The maximum absolute atomic E-state index is 9.13. The van der Waals surface area contributed by atoms with Gasteiger partial charge in [-0.2, -0.15) is 0 Å². The fourth-order valence-electron chi connectivity index (χ4n) is 11.2. The second-order valence-electron chi connectivity index (χ2n) is 25.7. The number of halogens is 10. The van der Waals surface area contributed by atoms with Crippen LogP contribution >= 0.6 is 188 Å². The van der Waals surface area contributed by atoms with Crippen LogP contribution < -0.4 is 55.3 Å². The molecule has 113 heavy (non-hydrogen) atoms. The molecule has 0 radical (unpaired) electrons. The van der Waals surface area contributed by atoms with Crippen LogP contribution in [0.1, 0.15) is 73.2 Å². The normalized spacial score (nSPS) is 12.7. The first-order valence-corrected chi connectivity index (χ1v) is 43.9. The Bertz CT molecular complexity index is 5240. The Morgan fingerprint density at radius 1 is 0.425 bits per heavy atom. The SMILES string of the molecule is COC[C@H](N)Cc1sc2c(NCc3ccco3)cc(Cl)nc2c1Cl.C[C@H](N)Cc1sc2c(NCc3ccco3)cc(Cl)nc2c1Br.C[C@H](N)Cc1sc2c(NCc3ccco3)cc(Cl)nc2c1Cl.C[C@H](N)Cc1sc2c(NCc3nccs3)cc(Cl)nc2c1Cl.N[C@@H](CO)Cc1sc2c(NCc3ccco3)cc(Cl)nc2c1Cl. The van der Waals surface area contributed by atoms with E-state index < -0.39 is 0 Å². The van der Waals surface area contributed by atoms with Gasteiger partial charge in [0.2, 0.25) is 0 Å². The van der Waals surface area contributed by atoms with Crippen molar-refractivity contribution >= 4 is 268 Å². The van der Waals surface area contributed by atoms with E-state index in [0.717, 1.165) is 140 Å². The van der Waals surface area contributed by atoms with E-state index in [1.54, 1.807) is 113 Å². The number of thiophene rings is 5. The molecule has 598 valence electrons. The maximum Gasteiger partial charge on any atom is 0.131 e. The van der Waals surface area contributed by atoms with E-state index in [1.165, 1.54) is 16.2 Å². The van der Waals surface area contributed by atoms with Gasteiger partial charge >= 0.3 is 0 Å². The van der Waals surface area contributed by atoms with E-state index in [9.17, 15) is 0 Å². The summed E-state index contributed by atoms with van der Waals surface area (Å²) in [4.78, 5) is 31.2. The number of thiazole rings is 1. The molecule has 5 atom stereocenters. The molecule has 0 unspecified atom stereocenters. The van der Waals surface area contributed by atoms with Gasteiger partial charge in [-0.15, -0.1) is 68.0 Å². The van der Waals surface area contributed by atoms with E-state index in [1.807, 2.05) is 86.8 Å². The molecule has 0 aliphatic rings. The number of nitrogens with two attached hydrogens (primary N) is 5.